The van der Waals surface area contributed by atoms with Crippen molar-refractivity contribution in [1.29, 1.82) is 0 Å². The molecule has 0 aromatic heterocycles. The molecule has 64 valence electrons. The second-order valence-electron chi connectivity index (χ2n) is 2.58. The average molecular weight is 163 g/mol. The Balaban J connectivity index is 2.18. The second-order valence-corrected chi connectivity index (χ2v) is 2.58. The number of oxime groups is 1. The van der Waals surface area contributed by atoms with E-state index in [1.165, 1.54) is 0 Å². The molecule has 1 rings (SSSR count). The largest absolute Gasteiger partial charge is 0.396 e. The zero-order valence-corrected chi connectivity index (χ0v) is 6.39. The summed E-state index contributed by atoms with van der Waals surface area (Å²) < 4.78 is 23.8. The summed E-state index contributed by atoms with van der Waals surface area (Å²) in [6.07, 6.45) is -1.40. The minimum Gasteiger partial charge on any atom is -0.396 e. The van der Waals surface area contributed by atoms with E-state index in [1.807, 2.05) is 6.92 Å². The van der Waals surface area contributed by atoms with Crippen molar-refractivity contribution in [2.24, 2.45) is 11.1 Å². The van der Waals surface area contributed by atoms with E-state index < -0.39 is 12.3 Å². The van der Waals surface area contributed by atoms with Gasteiger partial charge in [0, 0.05) is 5.92 Å². The maximum absolute atomic E-state index is 11.9. The van der Waals surface area contributed by atoms with Crippen LogP contribution in [0.5, 0.6) is 0 Å². The minimum absolute atomic E-state index is 0.400. The second kappa shape index (κ2) is 3.64. The van der Waals surface area contributed by atoms with Gasteiger partial charge in [-0.1, -0.05) is 5.16 Å². The van der Waals surface area contributed by atoms with Crippen LogP contribution in [0.1, 0.15) is 19.8 Å². The highest BCUT2D eigenvalue weighted by Crippen LogP contribution is 2.30. The summed E-state index contributed by atoms with van der Waals surface area (Å²) in [6, 6.07) is 0. The first-order valence-electron chi connectivity index (χ1n) is 3.70. The van der Waals surface area contributed by atoms with Gasteiger partial charge in [0.25, 0.3) is 0 Å². The molecule has 0 amide bonds. The number of nitrogens with zero attached hydrogens (tertiary/aromatic N) is 1. The third kappa shape index (κ3) is 2.13. The summed E-state index contributed by atoms with van der Waals surface area (Å²) in [5.41, 5.74) is 0.761. The smallest absolute Gasteiger partial charge is 0.242 e. The van der Waals surface area contributed by atoms with Gasteiger partial charge in [-0.15, -0.1) is 0 Å². The van der Waals surface area contributed by atoms with Crippen LogP contribution < -0.4 is 0 Å². The number of rotatable bonds is 3. The Morgan fingerprint density at radius 3 is 2.73 bits per heavy atom. The lowest BCUT2D eigenvalue weighted by Crippen LogP contribution is -2.29. The van der Waals surface area contributed by atoms with E-state index in [0.717, 1.165) is 5.71 Å². The van der Waals surface area contributed by atoms with Crippen molar-refractivity contribution in [3.05, 3.63) is 0 Å². The van der Waals surface area contributed by atoms with Gasteiger partial charge in [0.15, 0.2) is 0 Å². The van der Waals surface area contributed by atoms with Crippen molar-refractivity contribution in [2.45, 2.75) is 26.2 Å². The molecular formula is C7H11F2NO. The molecule has 0 aromatic carbocycles. The molecule has 1 aliphatic carbocycles. The summed E-state index contributed by atoms with van der Waals surface area (Å²) >= 11 is 0. The zero-order valence-electron chi connectivity index (χ0n) is 6.39. The lowest BCUT2D eigenvalue weighted by molar-refractivity contribution is 0.0676. The van der Waals surface area contributed by atoms with Crippen molar-refractivity contribution in [3.63, 3.8) is 0 Å². The maximum atomic E-state index is 11.9. The lowest BCUT2D eigenvalue weighted by Gasteiger charge is -2.25. The highest BCUT2D eigenvalue weighted by molar-refractivity contribution is 5.89. The quantitative estimate of drug-likeness (QED) is 0.583. The van der Waals surface area contributed by atoms with Crippen LogP contribution in [0.15, 0.2) is 5.16 Å². The first-order valence-corrected chi connectivity index (χ1v) is 3.70. The maximum Gasteiger partial charge on any atom is 0.242 e. The molecule has 1 fully saturated rings. The van der Waals surface area contributed by atoms with Crippen molar-refractivity contribution in [1.82, 2.24) is 0 Å². The van der Waals surface area contributed by atoms with Gasteiger partial charge in [-0.05, 0) is 19.8 Å². The van der Waals surface area contributed by atoms with Gasteiger partial charge in [-0.2, -0.15) is 0 Å². The number of hydrogen-bond acceptors (Lipinski definition) is 2. The normalized spacial score (nSPS) is 23.3. The van der Waals surface area contributed by atoms with E-state index in [1.54, 1.807) is 0 Å². The Hall–Kier alpha value is -0.670. The van der Waals surface area contributed by atoms with Crippen molar-refractivity contribution in [2.75, 3.05) is 6.61 Å². The van der Waals surface area contributed by atoms with Crippen molar-refractivity contribution in [3.8, 4) is 0 Å². The summed E-state index contributed by atoms with van der Waals surface area (Å²) in [5, 5.41) is 3.66. The van der Waals surface area contributed by atoms with E-state index in [-0.39, 0.29) is 0 Å². The van der Waals surface area contributed by atoms with Gasteiger partial charge < -0.3 is 4.84 Å². The van der Waals surface area contributed by atoms with E-state index >= 15 is 0 Å². The first kappa shape index (κ1) is 8.43. The van der Waals surface area contributed by atoms with E-state index in [4.69, 9.17) is 4.84 Å². The standard InChI is InChI=1S/C7H11F2NO/c1-2-11-10-6-3-5(4-6)7(8)9/h5,7H,2-4H2,1H3. The molecule has 0 atom stereocenters. The van der Waals surface area contributed by atoms with Gasteiger partial charge in [-0.3, -0.25) is 0 Å². The summed E-state index contributed by atoms with van der Waals surface area (Å²) in [7, 11) is 0. The Morgan fingerprint density at radius 1 is 1.64 bits per heavy atom. The SMILES string of the molecule is CCON=C1CC(C(F)F)C1. The highest BCUT2D eigenvalue weighted by atomic mass is 19.3. The number of halogens is 2. The van der Waals surface area contributed by atoms with Crippen molar-refractivity contribution < 1.29 is 13.6 Å². The van der Waals surface area contributed by atoms with Crippen LogP contribution >= 0.6 is 0 Å². The van der Waals surface area contributed by atoms with Crippen LogP contribution in [0.3, 0.4) is 0 Å². The molecule has 1 saturated carbocycles. The average Bonchev–Trinajstić information content (AvgIpc) is 1.84. The van der Waals surface area contributed by atoms with Crippen LogP contribution in [0.2, 0.25) is 0 Å². The van der Waals surface area contributed by atoms with Gasteiger partial charge in [0.2, 0.25) is 6.43 Å². The van der Waals surface area contributed by atoms with Gasteiger partial charge in [-0.25, -0.2) is 8.78 Å². The molecular weight excluding hydrogens is 152 g/mol. The predicted molar refractivity (Wildman–Crippen MR) is 37.8 cm³/mol. The van der Waals surface area contributed by atoms with Crippen LogP contribution in [0, 0.1) is 5.92 Å². The molecule has 0 unspecified atom stereocenters. The fraction of sp³-hybridized carbons (Fsp3) is 0.857. The van der Waals surface area contributed by atoms with Gasteiger partial charge in [0.05, 0.1) is 5.71 Å². The van der Waals surface area contributed by atoms with Gasteiger partial charge >= 0.3 is 0 Å². The molecule has 2 nitrogen and oxygen atoms in total. The van der Waals surface area contributed by atoms with Crippen LogP contribution in [-0.2, 0) is 4.84 Å². The molecule has 0 saturated heterocycles. The number of alkyl halides is 2. The van der Waals surface area contributed by atoms with Crippen LogP contribution in [0.4, 0.5) is 8.78 Å². The molecule has 0 heterocycles. The molecule has 0 spiro atoms. The summed E-state index contributed by atoms with van der Waals surface area (Å²) in [6.45, 7) is 2.32. The molecule has 4 heteroatoms. The highest BCUT2D eigenvalue weighted by Gasteiger charge is 2.32. The summed E-state index contributed by atoms with van der Waals surface area (Å²) in [5.74, 6) is -0.478. The lowest BCUT2D eigenvalue weighted by atomic mass is 9.84. The van der Waals surface area contributed by atoms with Crippen LogP contribution in [-0.4, -0.2) is 18.7 Å². The topological polar surface area (TPSA) is 21.6 Å². The molecule has 0 aliphatic heterocycles. The Morgan fingerprint density at radius 2 is 2.27 bits per heavy atom. The fourth-order valence-electron chi connectivity index (χ4n) is 0.954. The Bertz CT molecular complexity index is 151. The molecule has 11 heavy (non-hydrogen) atoms. The zero-order chi connectivity index (χ0) is 8.27. The summed E-state index contributed by atoms with van der Waals surface area (Å²) in [4.78, 5) is 4.71. The first-order chi connectivity index (χ1) is 5.24. The van der Waals surface area contributed by atoms with E-state index in [2.05, 4.69) is 5.16 Å². The van der Waals surface area contributed by atoms with Crippen molar-refractivity contribution >= 4 is 5.71 Å². The molecule has 0 bridgehead atoms. The Kier molecular flexibility index (Phi) is 2.79. The molecule has 0 aromatic rings. The predicted octanol–water partition coefficient (Wildman–Crippen LogP) is 2.05. The third-order valence-corrected chi connectivity index (χ3v) is 1.67. The molecule has 0 radical (unpaired) electrons. The molecule has 0 N–H and O–H groups in total. The van der Waals surface area contributed by atoms with Gasteiger partial charge in [0.1, 0.15) is 6.61 Å². The van der Waals surface area contributed by atoms with E-state index in [9.17, 15) is 8.78 Å². The van der Waals surface area contributed by atoms with Crippen LogP contribution in [0.25, 0.3) is 0 Å². The Labute approximate surface area is 64.2 Å². The molecule has 1 aliphatic rings. The van der Waals surface area contributed by atoms with E-state index in [0.29, 0.717) is 19.4 Å². The fourth-order valence-corrected chi connectivity index (χ4v) is 0.954. The number of hydrogen-bond donors (Lipinski definition) is 0. The third-order valence-electron chi connectivity index (χ3n) is 1.67. The minimum atomic E-state index is -2.20. The monoisotopic (exact) mass is 163 g/mol.